The van der Waals surface area contributed by atoms with Gasteiger partial charge >= 0.3 is 11.9 Å². The first kappa shape index (κ1) is 21.2. The van der Waals surface area contributed by atoms with Crippen molar-refractivity contribution in [3.8, 4) is 0 Å². The molecule has 0 amide bonds. The lowest BCUT2D eigenvalue weighted by molar-refractivity contribution is 0.00324. The maximum Gasteiger partial charge on any atom is 0.338 e. The van der Waals surface area contributed by atoms with Crippen LogP contribution in [0.25, 0.3) is 0 Å². The predicted molar refractivity (Wildman–Crippen MR) is 99.7 cm³/mol. The molecule has 0 fully saturated rings. The highest BCUT2D eigenvalue weighted by molar-refractivity contribution is 5.95. The van der Waals surface area contributed by atoms with Crippen molar-refractivity contribution in [1.29, 1.82) is 0 Å². The monoisotopic (exact) mass is 348 g/mol. The minimum absolute atomic E-state index is 0.154. The van der Waals surface area contributed by atoms with Gasteiger partial charge in [-0.15, -0.1) is 0 Å². The van der Waals surface area contributed by atoms with Crippen LogP contribution in [0.1, 0.15) is 75.1 Å². The topological polar surface area (TPSA) is 52.6 Å². The molecule has 1 aromatic rings. The summed E-state index contributed by atoms with van der Waals surface area (Å²) in [6, 6.07) is 6.55. The molecule has 0 unspecified atom stereocenters. The summed E-state index contributed by atoms with van der Waals surface area (Å²) >= 11 is 0. The van der Waals surface area contributed by atoms with Crippen LogP contribution in [0.5, 0.6) is 0 Å². The number of ether oxygens (including phenoxy) is 2. The van der Waals surface area contributed by atoms with E-state index in [1.807, 2.05) is 27.7 Å². The number of carbonyl (C=O) groups excluding carboxylic acids is 2. The largest absolute Gasteiger partial charge is 0.462 e. The van der Waals surface area contributed by atoms with Crippen molar-refractivity contribution in [3.63, 3.8) is 0 Å². The Kier molecular flexibility index (Phi) is 8.67. The second kappa shape index (κ2) is 10.2. The van der Waals surface area contributed by atoms with E-state index in [9.17, 15) is 9.59 Å². The molecule has 0 aliphatic carbocycles. The van der Waals surface area contributed by atoms with Crippen molar-refractivity contribution in [1.82, 2.24) is 0 Å². The first-order valence-electron chi connectivity index (χ1n) is 9.20. The van der Waals surface area contributed by atoms with E-state index < -0.39 is 11.9 Å². The molecule has 0 atom stereocenters. The summed E-state index contributed by atoms with van der Waals surface area (Å²) in [5.74, 6) is 0.257. The Morgan fingerprint density at radius 2 is 1.48 bits per heavy atom. The van der Waals surface area contributed by atoms with Gasteiger partial charge in [0.25, 0.3) is 0 Å². The van der Waals surface area contributed by atoms with E-state index in [1.54, 1.807) is 24.3 Å². The van der Waals surface area contributed by atoms with E-state index in [0.29, 0.717) is 23.7 Å². The van der Waals surface area contributed by atoms with Gasteiger partial charge in [-0.25, -0.2) is 9.59 Å². The third kappa shape index (κ3) is 7.29. The highest BCUT2D eigenvalue weighted by atomic mass is 16.5. The Morgan fingerprint density at radius 1 is 0.920 bits per heavy atom. The summed E-state index contributed by atoms with van der Waals surface area (Å²) in [4.78, 5) is 24.5. The number of rotatable bonds is 9. The molecule has 0 radical (unpaired) electrons. The summed E-state index contributed by atoms with van der Waals surface area (Å²) in [7, 11) is 0. The van der Waals surface area contributed by atoms with Gasteiger partial charge in [-0.1, -0.05) is 47.6 Å². The summed E-state index contributed by atoms with van der Waals surface area (Å²) in [6.07, 6.45) is 1.71. The zero-order chi connectivity index (χ0) is 19.0. The maximum atomic E-state index is 12.4. The predicted octanol–water partition coefficient (Wildman–Crippen LogP) is 5.12. The van der Waals surface area contributed by atoms with Gasteiger partial charge in [0, 0.05) is 0 Å². The van der Waals surface area contributed by atoms with Crippen molar-refractivity contribution < 1.29 is 19.1 Å². The molecule has 25 heavy (non-hydrogen) atoms. The Hall–Kier alpha value is -1.84. The minimum atomic E-state index is -0.401. The molecule has 0 aliphatic heterocycles. The van der Waals surface area contributed by atoms with Gasteiger partial charge in [-0.3, -0.25) is 0 Å². The molecular formula is C21H32O4. The summed E-state index contributed by atoms with van der Waals surface area (Å²) in [5, 5.41) is 0. The van der Waals surface area contributed by atoms with E-state index in [4.69, 9.17) is 9.47 Å². The van der Waals surface area contributed by atoms with Crippen molar-refractivity contribution in [2.75, 3.05) is 6.61 Å². The Morgan fingerprint density at radius 3 is 2.00 bits per heavy atom. The molecule has 0 aromatic heterocycles. The molecule has 4 nitrogen and oxygen atoms in total. The molecule has 4 heteroatoms. The van der Waals surface area contributed by atoms with Crippen LogP contribution in [-0.2, 0) is 9.47 Å². The van der Waals surface area contributed by atoms with Gasteiger partial charge in [0.1, 0.15) is 6.10 Å². The molecular weight excluding hydrogens is 316 g/mol. The van der Waals surface area contributed by atoms with Crippen LogP contribution in [0.2, 0.25) is 0 Å². The molecule has 0 aliphatic rings. The number of esters is 2. The van der Waals surface area contributed by atoms with E-state index in [0.717, 1.165) is 12.8 Å². The maximum absolute atomic E-state index is 12.4. The summed E-state index contributed by atoms with van der Waals surface area (Å²) in [5.41, 5.74) is 0.757. The van der Waals surface area contributed by atoms with Crippen molar-refractivity contribution in [2.45, 2.75) is 60.5 Å². The third-order valence-electron chi connectivity index (χ3n) is 4.05. The molecule has 0 saturated carbocycles. The Balaban J connectivity index is 2.70. The smallest absolute Gasteiger partial charge is 0.338 e. The first-order chi connectivity index (χ1) is 11.7. The van der Waals surface area contributed by atoms with Crippen LogP contribution >= 0.6 is 0 Å². The van der Waals surface area contributed by atoms with Gasteiger partial charge in [-0.05, 0) is 48.8 Å². The average molecular weight is 348 g/mol. The number of benzene rings is 1. The van der Waals surface area contributed by atoms with Crippen LogP contribution in [0.4, 0.5) is 0 Å². The van der Waals surface area contributed by atoms with Crippen molar-refractivity contribution >= 4 is 11.9 Å². The van der Waals surface area contributed by atoms with E-state index >= 15 is 0 Å². The number of carbonyl (C=O) groups is 2. The fraction of sp³-hybridized carbons (Fsp3) is 0.619. The fourth-order valence-corrected chi connectivity index (χ4v) is 2.75. The second-order valence-electron chi connectivity index (χ2n) is 7.61. The third-order valence-corrected chi connectivity index (χ3v) is 4.05. The fourth-order valence-electron chi connectivity index (χ4n) is 2.75. The SMILES string of the molecule is CC(C)CCCOC(=O)c1cccc(C(=O)OC(C(C)C)C(C)C)c1. The van der Waals surface area contributed by atoms with Gasteiger partial charge < -0.3 is 9.47 Å². The zero-order valence-electron chi connectivity index (χ0n) is 16.4. The first-order valence-corrected chi connectivity index (χ1v) is 9.20. The quantitative estimate of drug-likeness (QED) is 0.459. The standard InChI is InChI=1S/C21H32O4/c1-14(2)9-8-12-24-20(22)17-10-7-11-18(13-17)21(23)25-19(15(3)4)16(5)6/h7,10-11,13-16,19H,8-9,12H2,1-6H3. The molecule has 0 heterocycles. The highest BCUT2D eigenvalue weighted by Gasteiger charge is 2.23. The number of hydrogen-bond donors (Lipinski definition) is 0. The van der Waals surface area contributed by atoms with Crippen LogP contribution in [0, 0.1) is 17.8 Å². The molecule has 0 spiro atoms. The molecule has 1 aromatic carbocycles. The molecule has 140 valence electrons. The second-order valence-corrected chi connectivity index (χ2v) is 7.61. The lowest BCUT2D eigenvalue weighted by Crippen LogP contribution is -2.28. The summed E-state index contributed by atoms with van der Waals surface area (Å²) < 4.78 is 10.9. The zero-order valence-corrected chi connectivity index (χ0v) is 16.4. The van der Waals surface area contributed by atoms with Crippen LogP contribution in [-0.4, -0.2) is 24.6 Å². The lowest BCUT2D eigenvalue weighted by atomic mass is 9.96. The van der Waals surface area contributed by atoms with E-state index in [-0.39, 0.29) is 17.9 Å². The minimum Gasteiger partial charge on any atom is -0.462 e. The van der Waals surface area contributed by atoms with E-state index in [1.165, 1.54) is 0 Å². The highest BCUT2D eigenvalue weighted by Crippen LogP contribution is 2.19. The Bertz CT molecular complexity index is 553. The van der Waals surface area contributed by atoms with Crippen LogP contribution < -0.4 is 0 Å². The van der Waals surface area contributed by atoms with Gasteiger partial charge in [0.05, 0.1) is 17.7 Å². The molecule has 0 saturated heterocycles. The van der Waals surface area contributed by atoms with Crippen molar-refractivity contribution in [3.05, 3.63) is 35.4 Å². The molecule has 1 rings (SSSR count). The van der Waals surface area contributed by atoms with Crippen LogP contribution in [0.3, 0.4) is 0 Å². The van der Waals surface area contributed by atoms with Crippen molar-refractivity contribution in [2.24, 2.45) is 17.8 Å². The van der Waals surface area contributed by atoms with Crippen LogP contribution in [0.15, 0.2) is 24.3 Å². The average Bonchev–Trinajstić information content (AvgIpc) is 2.55. The van der Waals surface area contributed by atoms with Gasteiger partial charge in [0.15, 0.2) is 0 Å². The van der Waals surface area contributed by atoms with Gasteiger partial charge in [0.2, 0.25) is 0 Å². The lowest BCUT2D eigenvalue weighted by Gasteiger charge is -2.24. The Labute approximate surface area is 151 Å². The van der Waals surface area contributed by atoms with Gasteiger partial charge in [-0.2, -0.15) is 0 Å². The normalized spacial score (nSPS) is 11.4. The number of hydrogen-bond acceptors (Lipinski definition) is 4. The van der Waals surface area contributed by atoms with E-state index in [2.05, 4.69) is 13.8 Å². The molecule has 0 N–H and O–H groups in total. The molecule has 0 bridgehead atoms. The summed E-state index contributed by atoms with van der Waals surface area (Å²) in [6.45, 7) is 12.8.